The Balaban J connectivity index is 1.44. The van der Waals surface area contributed by atoms with E-state index in [0.29, 0.717) is 21.9 Å². The summed E-state index contributed by atoms with van der Waals surface area (Å²) in [6, 6.07) is 14.4. The van der Waals surface area contributed by atoms with E-state index in [1.54, 1.807) is 31.4 Å². The van der Waals surface area contributed by atoms with Crippen molar-refractivity contribution in [1.29, 1.82) is 0 Å². The van der Waals surface area contributed by atoms with Gasteiger partial charge in [-0.1, -0.05) is 12.1 Å². The first kappa shape index (κ1) is 20.2. The van der Waals surface area contributed by atoms with Crippen LogP contribution in [0, 0.1) is 0 Å². The van der Waals surface area contributed by atoms with Crippen LogP contribution >= 0.6 is 11.8 Å². The fourth-order valence-electron chi connectivity index (χ4n) is 3.42. The van der Waals surface area contributed by atoms with Crippen LogP contribution < -0.4 is 10.1 Å². The summed E-state index contributed by atoms with van der Waals surface area (Å²) >= 11 is 1.43. The zero-order valence-electron chi connectivity index (χ0n) is 16.8. The highest BCUT2D eigenvalue weighted by molar-refractivity contribution is 8.18. The lowest BCUT2D eigenvalue weighted by Gasteiger charge is -2.27. The number of nitrogens with zero attached hydrogens (tertiary/aromatic N) is 2. The Kier molecular flexibility index (Phi) is 6.18. The zero-order valence-corrected chi connectivity index (χ0v) is 17.6. The Bertz CT molecular complexity index is 1010. The lowest BCUT2D eigenvalue weighted by Crippen LogP contribution is -2.33. The largest absolute Gasteiger partial charge is 0.497 e. The number of nitrogens with one attached hydrogen (secondary N) is 1. The maximum absolute atomic E-state index is 12.5. The van der Waals surface area contributed by atoms with Crippen molar-refractivity contribution in [2.45, 2.75) is 19.3 Å². The van der Waals surface area contributed by atoms with Gasteiger partial charge < -0.3 is 15.0 Å². The standard InChI is InChI=1S/C23H23N3O3S/c1-29-19-10-8-17(9-11-19)21(27)24-18-7-5-6-16(14-18)15-20-22(28)25-23(30-20)26-12-3-2-4-13-26/h5-11,14-15H,2-4,12-13H2,1H3,(H,24,27). The SMILES string of the molecule is COc1ccc(C(=O)Nc2cccc(C=C3SC(N4CCCCC4)=NC3=O)c2)cc1. The van der Waals surface area contributed by atoms with E-state index >= 15 is 0 Å². The van der Waals surface area contributed by atoms with Crippen molar-refractivity contribution in [3.05, 3.63) is 64.6 Å². The topological polar surface area (TPSA) is 71.0 Å². The molecule has 0 spiro atoms. The van der Waals surface area contributed by atoms with E-state index in [4.69, 9.17) is 4.74 Å². The monoisotopic (exact) mass is 421 g/mol. The second kappa shape index (κ2) is 9.17. The van der Waals surface area contributed by atoms with Gasteiger partial charge >= 0.3 is 0 Å². The van der Waals surface area contributed by atoms with Gasteiger partial charge in [0.05, 0.1) is 12.0 Å². The summed E-state index contributed by atoms with van der Waals surface area (Å²) in [4.78, 5) is 31.9. The summed E-state index contributed by atoms with van der Waals surface area (Å²) in [7, 11) is 1.59. The first-order chi connectivity index (χ1) is 14.6. The molecular weight excluding hydrogens is 398 g/mol. The Labute approximate surface area is 180 Å². The Morgan fingerprint density at radius 3 is 2.63 bits per heavy atom. The molecule has 0 saturated carbocycles. The zero-order chi connectivity index (χ0) is 20.9. The lowest BCUT2D eigenvalue weighted by molar-refractivity contribution is -0.113. The third-order valence-corrected chi connectivity index (χ3v) is 6.07. The molecule has 2 aromatic rings. The van der Waals surface area contributed by atoms with Crippen LogP contribution in [0.5, 0.6) is 5.75 Å². The predicted octanol–water partition coefficient (Wildman–Crippen LogP) is 4.40. The fourth-order valence-corrected chi connectivity index (χ4v) is 4.39. The number of carbonyl (C=O) groups excluding carboxylic acids is 2. The number of amides is 2. The summed E-state index contributed by atoms with van der Waals surface area (Å²) in [6.07, 6.45) is 5.35. The quantitative estimate of drug-likeness (QED) is 0.741. The summed E-state index contributed by atoms with van der Waals surface area (Å²) in [5.41, 5.74) is 2.05. The molecule has 154 valence electrons. The third kappa shape index (κ3) is 4.74. The van der Waals surface area contributed by atoms with E-state index in [1.807, 2.05) is 30.3 Å². The number of methoxy groups -OCH3 is 1. The van der Waals surface area contributed by atoms with Crippen LogP contribution in [0.2, 0.25) is 0 Å². The van der Waals surface area contributed by atoms with Gasteiger partial charge in [0.25, 0.3) is 11.8 Å². The smallest absolute Gasteiger partial charge is 0.286 e. The van der Waals surface area contributed by atoms with Crippen LogP contribution in [0.15, 0.2) is 58.4 Å². The number of amidine groups is 1. The minimum atomic E-state index is -0.204. The molecule has 0 aliphatic carbocycles. The van der Waals surface area contributed by atoms with E-state index in [2.05, 4.69) is 15.2 Å². The number of hydrogen-bond donors (Lipinski definition) is 1. The van der Waals surface area contributed by atoms with Crippen LogP contribution in [0.1, 0.15) is 35.2 Å². The lowest BCUT2D eigenvalue weighted by atomic mass is 10.1. The van der Waals surface area contributed by atoms with Gasteiger partial charge in [-0.05, 0) is 79.1 Å². The summed E-state index contributed by atoms with van der Waals surface area (Å²) in [5, 5.41) is 3.70. The van der Waals surface area contributed by atoms with E-state index < -0.39 is 0 Å². The molecule has 2 heterocycles. The minimum absolute atomic E-state index is 0.201. The molecule has 1 fully saturated rings. The number of likely N-dealkylation sites (tertiary alicyclic amines) is 1. The van der Waals surface area contributed by atoms with Gasteiger partial charge in [-0.15, -0.1) is 0 Å². The molecule has 1 saturated heterocycles. The fraction of sp³-hybridized carbons (Fsp3) is 0.261. The van der Waals surface area contributed by atoms with Crippen molar-refractivity contribution in [2.75, 3.05) is 25.5 Å². The number of rotatable bonds is 4. The first-order valence-corrected chi connectivity index (χ1v) is 10.8. The molecule has 7 heteroatoms. The summed E-state index contributed by atoms with van der Waals surface area (Å²) < 4.78 is 5.12. The van der Waals surface area contributed by atoms with Crippen LogP contribution in [0.3, 0.4) is 0 Å². The van der Waals surface area contributed by atoms with Crippen molar-refractivity contribution in [3.8, 4) is 5.75 Å². The molecule has 2 amide bonds. The maximum Gasteiger partial charge on any atom is 0.286 e. The van der Waals surface area contributed by atoms with Crippen LogP contribution in [0.4, 0.5) is 5.69 Å². The maximum atomic E-state index is 12.5. The molecular formula is C23H23N3O3S. The molecule has 0 atom stereocenters. The van der Waals surface area contributed by atoms with Crippen LogP contribution in [-0.2, 0) is 4.79 Å². The van der Waals surface area contributed by atoms with Gasteiger partial charge in [0.15, 0.2) is 5.17 Å². The highest BCUT2D eigenvalue weighted by Crippen LogP contribution is 2.31. The first-order valence-electron chi connectivity index (χ1n) is 9.95. The average Bonchev–Trinajstić information content (AvgIpc) is 3.15. The molecule has 2 aliphatic rings. The molecule has 1 N–H and O–H groups in total. The van der Waals surface area contributed by atoms with Crippen molar-refractivity contribution in [1.82, 2.24) is 4.90 Å². The van der Waals surface area contributed by atoms with E-state index in [9.17, 15) is 9.59 Å². The van der Waals surface area contributed by atoms with Gasteiger partial charge in [-0.25, -0.2) is 0 Å². The number of ether oxygens (including phenoxy) is 1. The molecule has 0 unspecified atom stereocenters. The highest BCUT2D eigenvalue weighted by Gasteiger charge is 2.26. The second-order valence-electron chi connectivity index (χ2n) is 7.17. The third-order valence-electron chi connectivity index (χ3n) is 5.03. The predicted molar refractivity (Wildman–Crippen MR) is 121 cm³/mol. The molecule has 2 aliphatic heterocycles. The second-order valence-corrected chi connectivity index (χ2v) is 8.18. The van der Waals surface area contributed by atoms with Gasteiger partial charge in [-0.3, -0.25) is 9.59 Å². The van der Waals surface area contributed by atoms with E-state index in [0.717, 1.165) is 36.7 Å². The molecule has 0 aromatic heterocycles. The normalized spacial score (nSPS) is 17.8. The van der Waals surface area contributed by atoms with Crippen LogP contribution in [-0.4, -0.2) is 42.1 Å². The summed E-state index contributed by atoms with van der Waals surface area (Å²) in [5.74, 6) is 0.294. The number of hydrogen-bond acceptors (Lipinski definition) is 5. The number of aliphatic imine (C=N–C) groups is 1. The minimum Gasteiger partial charge on any atom is -0.497 e. The van der Waals surface area contributed by atoms with E-state index in [-0.39, 0.29) is 11.8 Å². The van der Waals surface area contributed by atoms with Gasteiger partial charge in [-0.2, -0.15) is 4.99 Å². The molecule has 0 radical (unpaired) electrons. The molecule has 0 bridgehead atoms. The van der Waals surface area contributed by atoms with Crippen molar-refractivity contribution in [3.63, 3.8) is 0 Å². The Hall–Kier alpha value is -3.06. The Morgan fingerprint density at radius 1 is 1.13 bits per heavy atom. The highest BCUT2D eigenvalue weighted by atomic mass is 32.2. The summed E-state index contributed by atoms with van der Waals surface area (Å²) in [6.45, 7) is 1.92. The average molecular weight is 422 g/mol. The number of carbonyl (C=O) groups is 2. The number of thioether (sulfide) groups is 1. The molecule has 30 heavy (non-hydrogen) atoms. The number of piperidine rings is 1. The van der Waals surface area contributed by atoms with Gasteiger partial charge in [0, 0.05) is 24.3 Å². The van der Waals surface area contributed by atoms with Crippen molar-refractivity contribution < 1.29 is 14.3 Å². The molecule has 4 rings (SSSR count). The van der Waals surface area contributed by atoms with Crippen molar-refractivity contribution >= 4 is 40.5 Å². The molecule has 6 nitrogen and oxygen atoms in total. The Morgan fingerprint density at radius 2 is 1.90 bits per heavy atom. The van der Waals surface area contributed by atoms with E-state index in [1.165, 1.54) is 18.2 Å². The van der Waals surface area contributed by atoms with Gasteiger partial charge in [0.2, 0.25) is 0 Å². The molecule has 2 aromatic carbocycles. The van der Waals surface area contributed by atoms with Crippen LogP contribution in [0.25, 0.3) is 6.08 Å². The van der Waals surface area contributed by atoms with Gasteiger partial charge in [0.1, 0.15) is 5.75 Å². The number of anilines is 1. The van der Waals surface area contributed by atoms with Crippen molar-refractivity contribution in [2.24, 2.45) is 4.99 Å². The number of benzene rings is 2.